The quantitative estimate of drug-likeness (QED) is 0.191. The molecule has 0 aliphatic heterocycles. The van der Waals surface area contributed by atoms with Crippen LogP contribution in [-0.2, 0) is 28.8 Å². The van der Waals surface area contributed by atoms with E-state index < -0.39 is 55.1 Å². The van der Waals surface area contributed by atoms with Gasteiger partial charge in [0.1, 0.15) is 19.3 Å². The van der Waals surface area contributed by atoms with Gasteiger partial charge in [0.15, 0.2) is 0 Å². The zero-order valence-electron chi connectivity index (χ0n) is 11.1. The van der Waals surface area contributed by atoms with Crippen LogP contribution in [0.5, 0.6) is 0 Å². The van der Waals surface area contributed by atoms with Gasteiger partial charge in [-0.2, -0.15) is 0 Å². The zero-order chi connectivity index (χ0) is 17.6. The Morgan fingerprint density at radius 3 is 0.478 bits per heavy atom. The van der Waals surface area contributed by atoms with Crippen molar-refractivity contribution in [3.63, 3.8) is 0 Å². The summed E-state index contributed by atoms with van der Waals surface area (Å²) in [5.74, 6) is -7.88. The molecule has 0 saturated heterocycles. The maximum absolute atomic E-state index is 9.43. The van der Waals surface area contributed by atoms with Crippen molar-refractivity contribution in [1.29, 1.82) is 0 Å². The minimum Gasteiger partial charge on any atom is -0.481 e. The minimum absolute atomic E-state index is 0. The van der Waals surface area contributed by atoms with E-state index in [1.807, 2.05) is 0 Å². The Balaban J connectivity index is -0.0000000675. The summed E-state index contributed by atoms with van der Waals surface area (Å²) >= 11 is 0. The fourth-order valence-electron chi connectivity index (χ4n) is 0.388. The molecule has 0 spiro atoms. The van der Waals surface area contributed by atoms with Crippen molar-refractivity contribution < 1.29 is 140 Å². The first kappa shape index (κ1) is 34.0. The summed E-state index contributed by atoms with van der Waals surface area (Å²) in [4.78, 5) is 56.6. The largest absolute Gasteiger partial charge is 0.481 e. The van der Waals surface area contributed by atoms with Gasteiger partial charge in [-0.15, -0.1) is 0 Å². The van der Waals surface area contributed by atoms with Gasteiger partial charge in [-0.25, -0.2) is 0 Å². The van der Waals surface area contributed by atoms with Crippen LogP contribution in [0.15, 0.2) is 0 Å². The van der Waals surface area contributed by atoms with Gasteiger partial charge in [0.05, 0.1) is 0 Å². The normalized spacial score (nSPS) is 7.30. The third kappa shape index (κ3) is 61.8. The van der Waals surface area contributed by atoms with Gasteiger partial charge >= 0.3 is 35.8 Å². The summed E-state index contributed by atoms with van der Waals surface area (Å²) < 4.78 is 0. The van der Waals surface area contributed by atoms with Crippen LogP contribution in [0.1, 0.15) is 19.3 Å². The van der Waals surface area contributed by atoms with E-state index in [0.717, 1.165) is 0 Å². The van der Waals surface area contributed by atoms with Crippen molar-refractivity contribution in [2.45, 2.75) is 19.3 Å². The molecule has 0 aliphatic carbocycles. The maximum atomic E-state index is 9.43. The molecule has 6 N–H and O–H groups in total. The first-order valence-electron chi connectivity index (χ1n) is 4.69. The number of carboxylic acid groups (broad SMARTS) is 6. The average Bonchev–Trinajstić information content (AvgIpc) is 2.10. The number of carboxylic acids is 6. The van der Waals surface area contributed by atoms with Crippen molar-refractivity contribution in [3.8, 4) is 0 Å². The number of aliphatic carboxylic acids is 6. The molecule has 0 aliphatic rings. The molecule has 0 atom stereocenters. The minimum atomic E-state index is -1.31. The Bertz CT molecular complexity index is 321. The second-order valence-electron chi connectivity index (χ2n) is 2.89. The first-order valence-corrected chi connectivity index (χ1v) is 4.69. The predicted molar refractivity (Wildman–Crippen MR) is 59.7 cm³/mol. The topological polar surface area (TPSA) is 224 Å². The molecule has 0 aromatic rings. The standard InChI is InChI=1S/3C3H4O4.2Sm/c3*4-2(5)1-3(6)7;;/h3*1H2,(H,4,5)(H,6,7);;. The summed E-state index contributed by atoms with van der Waals surface area (Å²) in [6, 6.07) is 0. The molecule has 0 rings (SSSR count). The Morgan fingerprint density at radius 2 is 0.478 bits per heavy atom. The maximum Gasteiger partial charge on any atom is 0.314 e. The van der Waals surface area contributed by atoms with Crippen LogP contribution in [-0.4, -0.2) is 66.5 Å². The van der Waals surface area contributed by atoms with Gasteiger partial charge in [-0.3, -0.25) is 28.8 Å². The van der Waals surface area contributed by atoms with Crippen LogP contribution in [0.4, 0.5) is 0 Å². The van der Waals surface area contributed by atoms with E-state index in [1.54, 1.807) is 0 Å². The average molecular weight is 613 g/mol. The van der Waals surface area contributed by atoms with Crippen molar-refractivity contribution in [1.82, 2.24) is 0 Å². The smallest absolute Gasteiger partial charge is 0.314 e. The van der Waals surface area contributed by atoms with Gasteiger partial charge < -0.3 is 30.6 Å². The molecule has 0 heterocycles. The molecule has 23 heavy (non-hydrogen) atoms. The molecule has 0 saturated carbocycles. The van der Waals surface area contributed by atoms with Crippen LogP contribution >= 0.6 is 0 Å². The molecule has 0 bridgehead atoms. The van der Waals surface area contributed by atoms with E-state index in [4.69, 9.17) is 30.6 Å². The summed E-state index contributed by atoms with van der Waals surface area (Å²) in [5.41, 5.74) is 0. The summed E-state index contributed by atoms with van der Waals surface area (Å²) in [7, 11) is 0. The molecule has 0 radical (unpaired) electrons. The third-order valence-electron chi connectivity index (χ3n) is 0.907. The fourth-order valence-corrected chi connectivity index (χ4v) is 0.388. The molecule has 0 aromatic heterocycles. The van der Waals surface area contributed by atoms with Crippen molar-refractivity contribution >= 4 is 35.8 Å². The van der Waals surface area contributed by atoms with Crippen molar-refractivity contribution in [2.24, 2.45) is 0 Å². The molecular weight excluding hydrogens is 601 g/mol. The molecule has 12 nitrogen and oxygen atoms in total. The number of carbonyl (C=O) groups is 6. The fraction of sp³-hybridized carbons (Fsp3) is 0.333. The van der Waals surface area contributed by atoms with E-state index in [0.29, 0.717) is 0 Å². The van der Waals surface area contributed by atoms with Crippen LogP contribution in [0.2, 0.25) is 0 Å². The van der Waals surface area contributed by atoms with Gasteiger partial charge in [0.2, 0.25) is 0 Å². The van der Waals surface area contributed by atoms with Crippen LogP contribution in [0.3, 0.4) is 0 Å². The van der Waals surface area contributed by atoms with E-state index in [2.05, 4.69) is 0 Å². The number of hydrogen-bond acceptors (Lipinski definition) is 6. The Hall–Kier alpha value is -0.505. The monoisotopic (exact) mass is 616 g/mol. The first-order chi connectivity index (χ1) is 9.38. The van der Waals surface area contributed by atoms with Gasteiger partial charge in [-0.1, -0.05) is 0 Å². The van der Waals surface area contributed by atoms with Crippen LogP contribution < -0.4 is 0 Å². The molecular formula is C9H12O12Sm2. The molecule has 0 unspecified atom stereocenters. The Kier molecular flexibility index (Phi) is 31.7. The third-order valence-corrected chi connectivity index (χ3v) is 0.907. The number of hydrogen-bond donors (Lipinski definition) is 6. The predicted octanol–water partition coefficient (Wildman–Crippen LogP) is -1.36. The molecule has 0 amide bonds. The molecule has 132 valence electrons. The number of rotatable bonds is 6. The summed E-state index contributed by atoms with van der Waals surface area (Å²) in [6.07, 6.45) is -2.42. The van der Waals surface area contributed by atoms with Crippen molar-refractivity contribution in [2.75, 3.05) is 0 Å². The van der Waals surface area contributed by atoms with E-state index in [1.165, 1.54) is 0 Å². The van der Waals surface area contributed by atoms with E-state index in [9.17, 15) is 28.8 Å². The SMILES string of the molecule is O=C(O)CC(=O)O.O=C(O)CC(=O)O.O=C(O)CC(=O)O.[Sm].[Sm]. The van der Waals surface area contributed by atoms with Gasteiger partial charge in [0, 0.05) is 80.8 Å². The second kappa shape index (κ2) is 21.5. The molecule has 14 heteroatoms. The van der Waals surface area contributed by atoms with Crippen LogP contribution in [0.25, 0.3) is 0 Å². The van der Waals surface area contributed by atoms with Gasteiger partial charge in [0.25, 0.3) is 0 Å². The molecule has 0 fully saturated rings. The Morgan fingerprint density at radius 1 is 0.391 bits per heavy atom. The molecule has 0 aromatic carbocycles. The van der Waals surface area contributed by atoms with E-state index in [-0.39, 0.29) is 80.8 Å². The van der Waals surface area contributed by atoms with E-state index >= 15 is 0 Å². The zero-order valence-corrected chi connectivity index (χ0v) is 16.3. The summed E-state index contributed by atoms with van der Waals surface area (Å²) in [6.45, 7) is 0. The van der Waals surface area contributed by atoms with Gasteiger partial charge in [-0.05, 0) is 0 Å². The van der Waals surface area contributed by atoms with Crippen molar-refractivity contribution in [3.05, 3.63) is 0 Å². The van der Waals surface area contributed by atoms with Crippen LogP contribution in [0, 0.1) is 80.8 Å². The second-order valence-corrected chi connectivity index (χ2v) is 2.89. The Labute approximate surface area is 193 Å². The summed E-state index contributed by atoms with van der Waals surface area (Å²) in [5, 5.41) is 46.2.